The van der Waals surface area contributed by atoms with Crippen molar-refractivity contribution in [2.75, 3.05) is 36.5 Å². The number of aromatic nitrogens is 3. The van der Waals surface area contributed by atoms with Crippen molar-refractivity contribution in [3.8, 4) is 0 Å². The molecule has 0 aromatic carbocycles. The largest absolute Gasteiger partial charge is 0.378 e. The van der Waals surface area contributed by atoms with Crippen molar-refractivity contribution < 1.29 is 9.53 Å². The maximum absolute atomic E-state index is 12.3. The van der Waals surface area contributed by atoms with Crippen LogP contribution in [0.4, 0.5) is 11.8 Å². The Hall–Kier alpha value is -1.80. The lowest BCUT2D eigenvalue weighted by molar-refractivity contribution is -0.123. The van der Waals surface area contributed by atoms with Crippen LogP contribution in [0.2, 0.25) is 0 Å². The van der Waals surface area contributed by atoms with Crippen molar-refractivity contribution in [2.24, 2.45) is 5.41 Å². The smallest absolute Gasteiger partial charge is 0.233 e. The van der Waals surface area contributed by atoms with Gasteiger partial charge in [-0.2, -0.15) is 9.97 Å². The van der Waals surface area contributed by atoms with Gasteiger partial charge in [0.05, 0.1) is 18.6 Å². The Labute approximate surface area is 149 Å². The van der Waals surface area contributed by atoms with Crippen molar-refractivity contribution in [1.29, 1.82) is 0 Å². The van der Waals surface area contributed by atoms with Gasteiger partial charge in [0.1, 0.15) is 5.82 Å². The molecule has 24 heavy (non-hydrogen) atoms. The fraction of sp³-hybridized carbons (Fsp3) is 0.500. The van der Waals surface area contributed by atoms with Crippen LogP contribution in [0.1, 0.15) is 20.8 Å². The number of rotatable bonds is 2. The molecular formula is C16H20BrN5O2. The van der Waals surface area contributed by atoms with E-state index in [2.05, 4.69) is 41.1 Å². The Balaban J connectivity index is 2.05. The average molecular weight is 394 g/mol. The molecule has 7 nitrogen and oxygen atoms in total. The molecule has 0 unspecified atom stereocenters. The van der Waals surface area contributed by atoms with E-state index in [4.69, 9.17) is 4.74 Å². The number of morpholine rings is 1. The third-order valence-electron chi connectivity index (χ3n) is 3.71. The van der Waals surface area contributed by atoms with Gasteiger partial charge in [-0.25, -0.2) is 4.98 Å². The van der Waals surface area contributed by atoms with Gasteiger partial charge in [-0.05, 0) is 22.0 Å². The SMILES string of the molecule is CC(C)(C)C(=O)Nc1nc(N2CCOCC2)c2cc(Br)cnc2n1. The van der Waals surface area contributed by atoms with Gasteiger partial charge in [-0.3, -0.25) is 10.1 Å². The van der Waals surface area contributed by atoms with Crippen LogP contribution in [0, 0.1) is 5.41 Å². The fourth-order valence-electron chi connectivity index (χ4n) is 2.33. The van der Waals surface area contributed by atoms with Gasteiger partial charge in [0.2, 0.25) is 11.9 Å². The molecule has 1 aliphatic heterocycles. The molecular weight excluding hydrogens is 374 g/mol. The Kier molecular flexibility index (Phi) is 4.69. The van der Waals surface area contributed by atoms with Gasteiger partial charge in [-0.15, -0.1) is 0 Å². The quantitative estimate of drug-likeness (QED) is 0.844. The number of anilines is 2. The van der Waals surface area contributed by atoms with E-state index in [1.165, 1.54) is 0 Å². The summed E-state index contributed by atoms with van der Waals surface area (Å²) in [5.74, 6) is 0.909. The summed E-state index contributed by atoms with van der Waals surface area (Å²) in [5, 5.41) is 3.64. The second-order valence-electron chi connectivity index (χ2n) is 6.70. The second-order valence-corrected chi connectivity index (χ2v) is 7.61. The van der Waals surface area contributed by atoms with E-state index in [0.29, 0.717) is 18.9 Å². The summed E-state index contributed by atoms with van der Waals surface area (Å²) >= 11 is 3.44. The predicted molar refractivity (Wildman–Crippen MR) is 96.1 cm³/mol. The Morgan fingerprint density at radius 2 is 2.00 bits per heavy atom. The topological polar surface area (TPSA) is 80.2 Å². The number of halogens is 1. The van der Waals surface area contributed by atoms with E-state index < -0.39 is 5.41 Å². The molecule has 1 N–H and O–H groups in total. The maximum Gasteiger partial charge on any atom is 0.233 e. The number of amides is 1. The van der Waals surface area contributed by atoms with E-state index in [9.17, 15) is 4.79 Å². The number of hydrogen-bond acceptors (Lipinski definition) is 6. The van der Waals surface area contributed by atoms with Crippen LogP contribution in [0.3, 0.4) is 0 Å². The van der Waals surface area contributed by atoms with Gasteiger partial charge in [0.15, 0.2) is 5.65 Å². The molecule has 0 saturated carbocycles. The zero-order valence-electron chi connectivity index (χ0n) is 14.0. The van der Waals surface area contributed by atoms with Crippen molar-refractivity contribution in [2.45, 2.75) is 20.8 Å². The molecule has 128 valence electrons. The van der Waals surface area contributed by atoms with Gasteiger partial charge in [0.25, 0.3) is 0 Å². The molecule has 0 atom stereocenters. The van der Waals surface area contributed by atoms with E-state index >= 15 is 0 Å². The number of fused-ring (bicyclic) bond motifs is 1. The standard InChI is InChI=1S/C16H20BrN5O2/c1-16(2,3)14(23)21-15-19-12-11(8-10(17)9-18-12)13(20-15)22-4-6-24-7-5-22/h8-9H,4-7H2,1-3H3,(H,18,19,20,21,23). The van der Waals surface area contributed by atoms with Gasteiger partial charge >= 0.3 is 0 Å². The molecule has 2 aromatic heterocycles. The summed E-state index contributed by atoms with van der Waals surface area (Å²) in [6, 6.07) is 1.95. The molecule has 0 spiro atoms. The predicted octanol–water partition coefficient (Wildman–Crippen LogP) is 2.61. The minimum Gasteiger partial charge on any atom is -0.378 e. The number of ether oxygens (including phenoxy) is 1. The highest BCUT2D eigenvalue weighted by Crippen LogP contribution is 2.28. The average Bonchev–Trinajstić information content (AvgIpc) is 2.54. The van der Waals surface area contributed by atoms with E-state index in [0.717, 1.165) is 28.8 Å². The summed E-state index contributed by atoms with van der Waals surface area (Å²) in [6.07, 6.45) is 1.69. The highest BCUT2D eigenvalue weighted by molar-refractivity contribution is 9.10. The van der Waals surface area contributed by atoms with Gasteiger partial charge in [-0.1, -0.05) is 20.8 Å². The lowest BCUT2D eigenvalue weighted by Gasteiger charge is -2.29. The summed E-state index contributed by atoms with van der Waals surface area (Å²) in [7, 11) is 0. The molecule has 1 fully saturated rings. The van der Waals surface area contributed by atoms with Gasteiger partial charge in [0, 0.05) is 29.2 Å². The summed E-state index contributed by atoms with van der Waals surface area (Å²) < 4.78 is 6.28. The van der Waals surface area contributed by atoms with Crippen LogP contribution in [0.5, 0.6) is 0 Å². The molecule has 3 heterocycles. The molecule has 0 aliphatic carbocycles. The van der Waals surface area contributed by atoms with Crippen molar-refractivity contribution in [3.05, 3.63) is 16.7 Å². The van der Waals surface area contributed by atoms with Crippen molar-refractivity contribution in [1.82, 2.24) is 15.0 Å². The number of nitrogens with zero attached hydrogens (tertiary/aromatic N) is 4. The van der Waals surface area contributed by atoms with Crippen molar-refractivity contribution in [3.63, 3.8) is 0 Å². The molecule has 1 aliphatic rings. The third kappa shape index (κ3) is 3.64. The first-order chi connectivity index (χ1) is 11.3. The summed E-state index contributed by atoms with van der Waals surface area (Å²) in [6.45, 7) is 8.33. The normalized spacial score (nSPS) is 15.6. The first-order valence-corrected chi connectivity index (χ1v) is 8.61. The van der Waals surface area contributed by atoms with Crippen LogP contribution in [0.25, 0.3) is 11.0 Å². The third-order valence-corrected chi connectivity index (χ3v) is 4.15. The molecule has 8 heteroatoms. The zero-order valence-corrected chi connectivity index (χ0v) is 15.6. The number of nitrogens with one attached hydrogen (secondary N) is 1. The summed E-state index contributed by atoms with van der Waals surface area (Å²) in [5.41, 5.74) is 0.0313. The Morgan fingerprint density at radius 3 is 2.67 bits per heavy atom. The van der Waals surface area contributed by atoms with E-state index in [1.807, 2.05) is 26.8 Å². The number of carbonyl (C=O) groups excluding carboxylic acids is 1. The van der Waals surface area contributed by atoms with Gasteiger partial charge < -0.3 is 9.64 Å². The lowest BCUT2D eigenvalue weighted by atomic mass is 9.96. The second kappa shape index (κ2) is 6.60. The first kappa shape index (κ1) is 17.0. The maximum atomic E-state index is 12.3. The number of pyridine rings is 1. The lowest BCUT2D eigenvalue weighted by Crippen LogP contribution is -2.37. The van der Waals surface area contributed by atoms with Crippen LogP contribution < -0.4 is 10.2 Å². The minimum atomic E-state index is -0.523. The number of hydrogen-bond donors (Lipinski definition) is 1. The molecule has 2 aromatic rings. The molecule has 1 amide bonds. The number of carbonyl (C=O) groups is 1. The fourth-order valence-corrected chi connectivity index (χ4v) is 2.66. The first-order valence-electron chi connectivity index (χ1n) is 7.82. The monoisotopic (exact) mass is 393 g/mol. The Morgan fingerprint density at radius 1 is 1.29 bits per heavy atom. The zero-order chi connectivity index (χ0) is 17.3. The summed E-state index contributed by atoms with van der Waals surface area (Å²) in [4.78, 5) is 27.7. The van der Waals surface area contributed by atoms with Crippen LogP contribution >= 0.6 is 15.9 Å². The molecule has 3 rings (SSSR count). The van der Waals surface area contributed by atoms with Crippen LogP contribution in [-0.2, 0) is 9.53 Å². The molecule has 1 saturated heterocycles. The minimum absolute atomic E-state index is 0.133. The van der Waals surface area contributed by atoms with Crippen molar-refractivity contribution >= 4 is 44.6 Å². The molecule has 0 radical (unpaired) electrons. The van der Waals surface area contributed by atoms with E-state index in [-0.39, 0.29) is 11.9 Å². The van der Waals surface area contributed by atoms with E-state index in [1.54, 1.807) is 6.20 Å². The Bertz CT molecular complexity index is 769. The highest BCUT2D eigenvalue weighted by Gasteiger charge is 2.24. The highest BCUT2D eigenvalue weighted by atomic mass is 79.9. The molecule has 0 bridgehead atoms. The van der Waals surface area contributed by atoms with Crippen LogP contribution in [0.15, 0.2) is 16.7 Å². The van der Waals surface area contributed by atoms with Crippen LogP contribution in [-0.4, -0.2) is 47.2 Å².